The van der Waals surface area contributed by atoms with Gasteiger partial charge in [-0.25, -0.2) is 0 Å². The molecule has 0 N–H and O–H groups in total. The lowest BCUT2D eigenvalue weighted by atomic mass is 9.71. The number of nitriles is 1. The molecule has 0 saturated carbocycles. The zero-order chi connectivity index (χ0) is 19.4. The highest BCUT2D eigenvalue weighted by molar-refractivity contribution is 5.96. The van der Waals surface area contributed by atoms with Gasteiger partial charge in [-0.1, -0.05) is 57.2 Å². The van der Waals surface area contributed by atoms with Gasteiger partial charge in [0.05, 0.1) is 11.5 Å². The van der Waals surface area contributed by atoms with Crippen molar-refractivity contribution >= 4 is 11.6 Å². The Hall–Kier alpha value is -1.82. The lowest BCUT2D eigenvalue weighted by molar-refractivity contribution is -0.118. The molecule has 142 valence electrons. The van der Waals surface area contributed by atoms with Gasteiger partial charge in [0.15, 0.2) is 0 Å². The molecule has 1 amide bonds. The molecule has 0 bridgehead atoms. The quantitative estimate of drug-likeness (QED) is 0.545. The van der Waals surface area contributed by atoms with Crippen LogP contribution in [0.2, 0.25) is 0 Å². The number of hydrogen-bond donors (Lipinski definition) is 0. The Bertz CT molecular complexity index is 686. The van der Waals surface area contributed by atoms with Gasteiger partial charge in [0.1, 0.15) is 0 Å². The molecule has 1 unspecified atom stereocenters. The molecule has 1 aliphatic rings. The van der Waals surface area contributed by atoms with Gasteiger partial charge in [0.2, 0.25) is 5.91 Å². The van der Waals surface area contributed by atoms with Crippen LogP contribution < -0.4 is 4.90 Å². The number of hydrogen-bond acceptors (Lipinski definition) is 2. The van der Waals surface area contributed by atoms with Gasteiger partial charge in [0, 0.05) is 24.1 Å². The third-order valence-corrected chi connectivity index (χ3v) is 5.53. The van der Waals surface area contributed by atoms with E-state index >= 15 is 0 Å². The summed E-state index contributed by atoms with van der Waals surface area (Å²) in [5.74, 6) is 0.227. The molecule has 0 spiro atoms. The van der Waals surface area contributed by atoms with Crippen molar-refractivity contribution in [2.24, 2.45) is 5.41 Å². The van der Waals surface area contributed by atoms with Gasteiger partial charge in [-0.2, -0.15) is 5.26 Å². The first kappa shape index (κ1) is 20.5. The van der Waals surface area contributed by atoms with Crippen molar-refractivity contribution in [1.29, 1.82) is 5.26 Å². The van der Waals surface area contributed by atoms with Crippen molar-refractivity contribution < 1.29 is 4.79 Å². The van der Waals surface area contributed by atoms with E-state index in [1.807, 2.05) is 18.7 Å². The van der Waals surface area contributed by atoms with E-state index in [-0.39, 0.29) is 11.3 Å². The summed E-state index contributed by atoms with van der Waals surface area (Å²) in [5.41, 5.74) is 2.90. The summed E-state index contributed by atoms with van der Waals surface area (Å²) in [6, 6.07) is 8.81. The molecule has 1 aromatic carbocycles. The SMILES string of the molecule is CCCCCCCC(=O)N1CC(C)(CC(C)(C)C#N)c2cc(C)ccc21. The van der Waals surface area contributed by atoms with Crippen molar-refractivity contribution in [2.45, 2.75) is 85.0 Å². The maximum atomic E-state index is 12.9. The first-order valence-corrected chi connectivity index (χ1v) is 10.1. The highest BCUT2D eigenvalue weighted by Gasteiger charge is 2.44. The average Bonchev–Trinajstić information content (AvgIpc) is 2.86. The fourth-order valence-corrected chi connectivity index (χ4v) is 4.29. The van der Waals surface area contributed by atoms with Crippen molar-refractivity contribution in [1.82, 2.24) is 0 Å². The summed E-state index contributed by atoms with van der Waals surface area (Å²) in [6.45, 7) is 11.2. The van der Waals surface area contributed by atoms with E-state index in [1.165, 1.54) is 30.4 Å². The molecule has 0 radical (unpaired) electrons. The smallest absolute Gasteiger partial charge is 0.227 e. The van der Waals surface area contributed by atoms with Crippen LogP contribution in [0.25, 0.3) is 0 Å². The molecule has 0 aliphatic carbocycles. The minimum Gasteiger partial charge on any atom is -0.311 e. The predicted molar refractivity (Wildman–Crippen MR) is 108 cm³/mol. The molecule has 3 nitrogen and oxygen atoms in total. The monoisotopic (exact) mass is 354 g/mol. The normalized spacial score (nSPS) is 19.3. The summed E-state index contributed by atoms with van der Waals surface area (Å²) in [6.07, 6.45) is 7.17. The molecule has 1 atom stereocenters. The third-order valence-electron chi connectivity index (χ3n) is 5.53. The molecule has 0 fully saturated rings. The van der Waals surface area contributed by atoms with E-state index in [1.54, 1.807) is 0 Å². The number of unbranched alkanes of at least 4 members (excludes halogenated alkanes) is 4. The second kappa shape index (κ2) is 8.25. The number of fused-ring (bicyclic) bond motifs is 1. The summed E-state index contributed by atoms with van der Waals surface area (Å²) in [4.78, 5) is 14.9. The van der Waals surface area contributed by atoms with E-state index in [9.17, 15) is 10.1 Å². The van der Waals surface area contributed by atoms with Crippen LogP contribution >= 0.6 is 0 Å². The fraction of sp³-hybridized carbons (Fsp3) is 0.652. The van der Waals surface area contributed by atoms with Gasteiger partial charge in [-0.15, -0.1) is 0 Å². The number of amides is 1. The fourth-order valence-electron chi connectivity index (χ4n) is 4.29. The minimum absolute atomic E-state index is 0.168. The number of nitrogens with zero attached hydrogens (tertiary/aromatic N) is 2. The number of carbonyl (C=O) groups excluding carboxylic acids is 1. The van der Waals surface area contributed by atoms with Crippen LogP contribution in [0, 0.1) is 23.7 Å². The topological polar surface area (TPSA) is 44.1 Å². The summed E-state index contributed by atoms with van der Waals surface area (Å²) in [5, 5.41) is 9.50. The second-order valence-electron chi connectivity index (χ2n) is 8.90. The number of anilines is 1. The summed E-state index contributed by atoms with van der Waals surface area (Å²) >= 11 is 0. The Morgan fingerprint density at radius 3 is 2.62 bits per heavy atom. The molecule has 0 saturated heterocycles. The molecular formula is C23H34N2O. The van der Waals surface area contributed by atoms with E-state index in [4.69, 9.17) is 0 Å². The third kappa shape index (κ3) is 4.67. The molecular weight excluding hydrogens is 320 g/mol. The highest BCUT2D eigenvalue weighted by atomic mass is 16.2. The van der Waals surface area contributed by atoms with E-state index < -0.39 is 5.41 Å². The predicted octanol–water partition coefficient (Wildman–Crippen LogP) is 5.90. The van der Waals surface area contributed by atoms with Crippen molar-refractivity contribution in [3.8, 4) is 6.07 Å². The van der Waals surface area contributed by atoms with Crippen LogP contribution in [0.3, 0.4) is 0 Å². The molecule has 2 rings (SSSR count). The average molecular weight is 355 g/mol. The first-order valence-electron chi connectivity index (χ1n) is 10.1. The maximum Gasteiger partial charge on any atom is 0.227 e. The van der Waals surface area contributed by atoms with Gasteiger partial charge in [-0.3, -0.25) is 4.79 Å². The Morgan fingerprint density at radius 1 is 1.27 bits per heavy atom. The van der Waals surface area contributed by atoms with E-state index in [0.29, 0.717) is 13.0 Å². The maximum absolute atomic E-state index is 12.9. The van der Waals surface area contributed by atoms with E-state index in [2.05, 4.69) is 45.0 Å². The zero-order valence-electron chi connectivity index (χ0n) is 17.2. The first-order chi connectivity index (χ1) is 12.2. The molecule has 1 heterocycles. The van der Waals surface area contributed by atoms with Crippen LogP contribution in [0.5, 0.6) is 0 Å². The largest absolute Gasteiger partial charge is 0.311 e. The highest BCUT2D eigenvalue weighted by Crippen LogP contribution is 2.47. The van der Waals surface area contributed by atoms with Crippen LogP contribution in [-0.4, -0.2) is 12.5 Å². The van der Waals surface area contributed by atoms with E-state index in [0.717, 1.165) is 24.9 Å². The Labute approximate surface area is 159 Å². The minimum atomic E-state index is -0.408. The summed E-state index contributed by atoms with van der Waals surface area (Å²) < 4.78 is 0. The van der Waals surface area contributed by atoms with Crippen LogP contribution in [0.4, 0.5) is 5.69 Å². The van der Waals surface area contributed by atoms with Gasteiger partial charge in [-0.05, 0) is 45.2 Å². The van der Waals surface area contributed by atoms with Crippen LogP contribution in [0.1, 0.15) is 83.8 Å². The zero-order valence-corrected chi connectivity index (χ0v) is 17.2. The Morgan fingerprint density at radius 2 is 1.96 bits per heavy atom. The number of rotatable bonds is 8. The Kier molecular flexibility index (Phi) is 6.50. The van der Waals surface area contributed by atoms with Crippen molar-refractivity contribution in [3.05, 3.63) is 29.3 Å². The molecule has 0 aromatic heterocycles. The number of aryl methyl sites for hydroxylation is 1. The lowest BCUT2D eigenvalue weighted by Crippen LogP contribution is -2.37. The number of carbonyl (C=O) groups is 1. The lowest BCUT2D eigenvalue weighted by Gasteiger charge is -2.31. The van der Waals surface area contributed by atoms with Crippen LogP contribution in [-0.2, 0) is 10.2 Å². The molecule has 3 heteroatoms. The molecule has 1 aliphatic heterocycles. The summed E-state index contributed by atoms with van der Waals surface area (Å²) in [7, 11) is 0. The number of benzene rings is 1. The standard InChI is InChI=1S/C23H34N2O/c1-6-7-8-9-10-11-21(26)25-17-23(5,15-22(3,4)16-24)19-14-18(2)12-13-20(19)25/h12-14H,6-11,15,17H2,1-5H3. The second-order valence-corrected chi connectivity index (χ2v) is 8.90. The van der Waals surface area contributed by atoms with Gasteiger partial charge in [0.25, 0.3) is 0 Å². The van der Waals surface area contributed by atoms with Gasteiger partial charge >= 0.3 is 0 Å². The molecule has 26 heavy (non-hydrogen) atoms. The van der Waals surface area contributed by atoms with Crippen LogP contribution in [0.15, 0.2) is 18.2 Å². The molecule has 1 aromatic rings. The Balaban J connectivity index is 2.18. The van der Waals surface area contributed by atoms with Crippen molar-refractivity contribution in [2.75, 3.05) is 11.4 Å². The van der Waals surface area contributed by atoms with Crippen molar-refractivity contribution in [3.63, 3.8) is 0 Å². The van der Waals surface area contributed by atoms with Gasteiger partial charge < -0.3 is 4.90 Å².